The Bertz CT molecular complexity index is 374. The number of benzene rings is 1. The Balaban J connectivity index is 2.49. The summed E-state index contributed by atoms with van der Waals surface area (Å²) >= 11 is 0. The van der Waals surface area contributed by atoms with E-state index in [2.05, 4.69) is 5.32 Å². The molecule has 0 aromatic heterocycles. The summed E-state index contributed by atoms with van der Waals surface area (Å²) in [5.41, 5.74) is 3.30. The third kappa shape index (κ3) is 1.40. The quantitative estimate of drug-likeness (QED) is 0.702. The standard InChI is InChI=1S/C11H13NO2/c1-7-3-2-4-9-8(7)5-6-12-10(9)11(13)14/h2-4,10,12H,5-6H2,1H3,(H,13,14). The van der Waals surface area contributed by atoms with Gasteiger partial charge in [0, 0.05) is 6.54 Å². The van der Waals surface area contributed by atoms with Crippen molar-refractivity contribution in [2.24, 2.45) is 0 Å². The molecule has 0 aliphatic carbocycles. The van der Waals surface area contributed by atoms with Gasteiger partial charge in [-0.05, 0) is 30.0 Å². The maximum Gasteiger partial charge on any atom is 0.325 e. The smallest absolute Gasteiger partial charge is 0.325 e. The largest absolute Gasteiger partial charge is 0.480 e. The number of rotatable bonds is 1. The Labute approximate surface area is 82.8 Å². The maximum atomic E-state index is 11.0. The normalized spacial score (nSPS) is 20.2. The second-order valence-corrected chi connectivity index (χ2v) is 3.62. The van der Waals surface area contributed by atoms with Crippen LogP contribution in [-0.2, 0) is 11.2 Å². The van der Waals surface area contributed by atoms with Crippen LogP contribution in [-0.4, -0.2) is 17.6 Å². The lowest BCUT2D eigenvalue weighted by atomic mass is 9.91. The average Bonchev–Trinajstić information content (AvgIpc) is 2.17. The number of carboxylic acids is 1. The van der Waals surface area contributed by atoms with Crippen LogP contribution < -0.4 is 5.32 Å². The van der Waals surface area contributed by atoms with Gasteiger partial charge in [0.2, 0.25) is 0 Å². The van der Waals surface area contributed by atoms with Crippen LogP contribution in [0.5, 0.6) is 0 Å². The van der Waals surface area contributed by atoms with Gasteiger partial charge in [0.25, 0.3) is 0 Å². The van der Waals surface area contributed by atoms with Gasteiger partial charge in [-0.2, -0.15) is 0 Å². The van der Waals surface area contributed by atoms with E-state index in [1.165, 1.54) is 11.1 Å². The van der Waals surface area contributed by atoms with Crippen LogP contribution in [0.1, 0.15) is 22.7 Å². The van der Waals surface area contributed by atoms with Crippen LogP contribution in [0.15, 0.2) is 18.2 Å². The highest BCUT2D eigenvalue weighted by molar-refractivity contribution is 5.76. The Morgan fingerprint density at radius 1 is 1.57 bits per heavy atom. The number of aliphatic carboxylic acids is 1. The average molecular weight is 191 g/mol. The van der Waals surface area contributed by atoms with Crippen molar-refractivity contribution in [2.75, 3.05) is 6.54 Å². The molecule has 74 valence electrons. The van der Waals surface area contributed by atoms with E-state index >= 15 is 0 Å². The van der Waals surface area contributed by atoms with Crippen LogP contribution in [0.2, 0.25) is 0 Å². The van der Waals surface area contributed by atoms with Crippen molar-refractivity contribution in [1.29, 1.82) is 0 Å². The maximum absolute atomic E-state index is 11.0. The first kappa shape index (κ1) is 9.21. The Kier molecular flexibility index (Phi) is 2.25. The highest BCUT2D eigenvalue weighted by atomic mass is 16.4. The Hall–Kier alpha value is -1.35. The van der Waals surface area contributed by atoms with Gasteiger partial charge >= 0.3 is 5.97 Å². The molecule has 3 nitrogen and oxygen atoms in total. The molecule has 1 heterocycles. The lowest BCUT2D eigenvalue weighted by Gasteiger charge is -2.24. The summed E-state index contributed by atoms with van der Waals surface area (Å²) in [6.07, 6.45) is 0.922. The van der Waals surface area contributed by atoms with Gasteiger partial charge in [-0.1, -0.05) is 18.2 Å². The molecular weight excluding hydrogens is 178 g/mol. The summed E-state index contributed by atoms with van der Waals surface area (Å²) in [5.74, 6) is -0.795. The monoisotopic (exact) mass is 191 g/mol. The van der Waals surface area contributed by atoms with Crippen LogP contribution >= 0.6 is 0 Å². The molecule has 0 bridgehead atoms. The molecule has 1 aromatic carbocycles. The van der Waals surface area contributed by atoms with Gasteiger partial charge in [-0.3, -0.25) is 4.79 Å². The molecular formula is C11H13NO2. The lowest BCUT2D eigenvalue weighted by molar-refractivity contribution is -0.139. The highest BCUT2D eigenvalue weighted by Gasteiger charge is 2.25. The Morgan fingerprint density at radius 2 is 2.36 bits per heavy atom. The fourth-order valence-corrected chi connectivity index (χ4v) is 2.01. The summed E-state index contributed by atoms with van der Waals surface area (Å²) in [5, 5.41) is 12.0. The number of hydrogen-bond acceptors (Lipinski definition) is 2. The summed E-state index contributed by atoms with van der Waals surface area (Å²) in [6, 6.07) is 5.31. The highest BCUT2D eigenvalue weighted by Crippen LogP contribution is 2.25. The predicted molar refractivity (Wildman–Crippen MR) is 53.3 cm³/mol. The number of fused-ring (bicyclic) bond motifs is 1. The number of carboxylic acid groups (broad SMARTS) is 1. The summed E-state index contributed by atoms with van der Waals surface area (Å²) < 4.78 is 0. The van der Waals surface area contributed by atoms with Gasteiger partial charge in [0.1, 0.15) is 6.04 Å². The zero-order valence-electron chi connectivity index (χ0n) is 8.08. The molecule has 2 rings (SSSR count). The van der Waals surface area contributed by atoms with Crippen molar-refractivity contribution in [2.45, 2.75) is 19.4 Å². The minimum atomic E-state index is -0.795. The van der Waals surface area contributed by atoms with E-state index in [1.807, 2.05) is 25.1 Å². The van der Waals surface area contributed by atoms with Crippen molar-refractivity contribution >= 4 is 5.97 Å². The van der Waals surface area contributed by atoms with E-state index in [1.54, 1.807) is 0 Å². The molecule has 3 heteroatoms. The van der Waals surface area contributed by atoms with Crippen LogP contribution in [0.4, 0.5) is 0 Å². The summed E-state index contributed by atoms with van der Waals surface area (Å²) in [6.45, 7) is 2.78. The van der Waals surface area contributed by atoms with Gasteiger partial charge in [-0.25, -0.2) is 0 Å². The molecule has 0 saturated carbocycles. The SMILES string of the molecule is Cc1cccc2c1CCNC2C(=O)O. The predicted octanol–water partition coefficient (Wildman–Crippen LogP) is 1.27. The number of carbonyl (C=O) groups is 1. The van der Waals surface area contributed by atoms with E-state index in [9.17, 15) is 4.79 Å². The fraction of sp³-hybridized carbons (Fsp3) is 0.364. The molecule has 1 unspecified atom stereocenters. The third-order valence-corrected chi connectivity index (χ3v) is 2.73. The molecule has 1 atom stereocenters. The lowest BCUT2D eigenvalue weighted by Crippen LogP contribution is -2.35. The first-order valence-corrected chi connectivity index (χ1v) is 4.74. The zero-order chi connectivity index (χ0) is 10.1. The van der Waals surface area contributed by atoms with Gasteiger partial charge < -0.3 is 10.4 Å². The fourth-order valence-electron chi connectivity index (χ4n) is 2.01. The van der Waals surface area contributed by atoms with Crippen molar-refractivity contribution in [3.63, 3.8) is 0 Å². The molecule has 1 aromatic rings. The second-order valence-electron chi connectivity index (χ2n) is 3.62. The van der Waals surface area contributed by atoms with Crippen LogP contribution in [0.25, 0.3) is 0 Å². The summed E-state index contributed by atoms with van der Waals surface area (Å²) in [7, 11) is 0. The number of hydrogen-bond donors (Lipinski definition) is 2. The Morgan fingerprint density at radius 3 is 3.07 bits per heavy atom. The van der Waals surface area contributed by atoms with E-state index in [0.29, 0.717) is 0 Å². The van der Waals surface area contributed by atoms with E-state index in [-0.39, 0.29) is 0 Å². The number of aryl methyl sites for hydroxylation is 1. The van der Waals surface area contributed by atoms with Crippen molar-refractivity contribution in [3.8, 4) is 0 Å². The molecule has 14 heavy (non-hydrogen) atoms. The minimum Gasteiger partial charge on any atom is -0.480 e. The van der Waals surface area contributed by atoms with Gasteiger partial charge in [-0.15, -0.1) is 0 Å². The molecule has 0 saturated heterocycles. The van der Waals surface area contributed by atoms with Crippen molar-refractivity contribution in [3.05, 3.63) is 34.9 Å². The van der Waals surface area contributed by atoms with Gasteiger partial charge in [0.05, 0.1) is 0 Å². The first-order valence-electron chi connectivity index (χ1n) is 4.74. The molecule has 1 aliphatic rings. The molecule has 0 amide bonds. The zero-order valence-corrected chi connectivity index (χ0v) is 8.08. The van der Waals surface area contributed by atoms with Gasteiger partial charge in [0.15, 0.2) is 0 Å². The second kappa shape index (κ2) is 3.42. The molecule has 0 radical (unpaired) electrons. The first-order chi connectivity index (χ1) is 6.70. The van der Waals surface area contributed by atoms with E-state index < -0.39 is 12.0 Å². The minimum absolute atomic E-state index is 0.529. The van der Waals surface area contributed by atoms with E-state index in [4.69, 9.17) is 5.11 Å². The van der Waals surface area contributed by atoms with Crippen molar-refractivity contribution in [1.82, 2.24) is 5.32 Å². The van der Waals surface area contributed by atoms with Crippen LogP contribution in [0, 0.1) is 6.92 Å². The topological polar surface area (TPSA) is 49.3 Å². The summed E-state index contributed by atoms with van der Waals surface area (Å²) in [4.78, 5) is 11.0. The molecule has 0 spiro atoms. The molecule has 0 fully saturated rings. The third-order valence-electron chi connectivity index (χ3n) is 2.73. The number of nitrogens with one attached hydrogen (secondary N) is 1. The molecule has 1 aliphatic heterocycles. The van der Waals surface area contributed by atoms with Crippen molar-refractivity contribution < 1.29 is 9.90 Å². The van der Waals surface area contributed by atoms with E-state index in [0.717, 1.165) is 18.5 Å². The van der Waals surface area contributed by atoms with Crippen LogP contribution in [0.3, 0.4) is 0 Å². The molecule has 2 N–H and O–H groups in total.